The van der Waals surface area contributed by atoms with Crippen molar-refractivity contribution in [2.75, 3.05) is 17.1 Å². The smallest absolute Gasteiger partial charge is 0.269 e. The van der Waals surface area contributed by atoms with E-state index in [4.69, 9.17) is 0 Å². The van der Waals surface area contributed by atoms with Crippen molar-refractivity contribution < 1.29 is 18.1 Å². The molecule has 0 aliphatic rings. The van der Waals surface area contributed by atoms with Crippen LogP contribution in [0.2, 0.25) is 0 Å². The average Bonchev–Trinajstić information content (AvgIpc) is 2.59. The van der Waals surface area contributed by atoms with Crippen molar-refractivity contribution in [1.29, 1.82) is 0 Å². The molecule has 0 spiro atoms. The van der Waals surface area contributed by atoms with Crippen molar-refractivity contribution >= 4 is 33.5 Å². The quantitative estimate of drug-likeness (QED) is 0.439. The van der Waals surface area contributed by atoms with Gasteiger partial charge >= 0.3 is 0 Å². The minimum absolute atomic E-state index is 0.0573. The van der Waals surface area contributed by atoms with Crippen LogP contribution in [0.1, 0.15) is 11.1 Å². The van der Waals surface area contributed by atoms with Crippen LogP contribution in [0.25, 0.3) is 0 Å². The van der Waals surface area contributed by atoms with Crippen LogP contribution in [-0.4, -0.2) is 38.3 Å². The van der Waals surface area contributed by atoms with Gasteiger partial charge in [0, 0.05) is 12.1 Å². The number of rotatable bonds is 7. The second kappa shape index (κ2) is 8.41. The van der Waals surface area contributed by atoms with Crippen molar-refractivity contribution in [3.05, 3.63) is 69.8 Å². The number of carbonyl (C=O) groups excluding carboxylic acids is 1. The summed E-state index contributed by atoms with van der Waals surface area (Å²) in [6.07, 6.45) is 2.32. The summed E-state index contributed by atoms with van der Waals surface area (Å²) in [6, 6.07) is 12.4. The number of benzene rings is 2. The lowest BCUT2D eigenvalue weighted by Gasteiger charge is -2.21. The van der Waals surface area contributed by atoms with Crippen LogP contribution in [0.3, 0.4) is 0 Å². The highest BCUT2D eigenvalue weighted by Gasteiger charge is 2.20. The zero-order valence-electron chi connectivity index (χ0n) is 14.7. The lowest BCUT2D eigenvalue weighted by atomic mass is 10.2. The molecule has 9 nitrogen and oxygen atoms in total. The summed E-state index contributed by atoms with van der Waals surface area (Å²) in [5, 5.41) is 14.3. The molecule has 0 fully saturated rings. The molecule has 142 valence electrons. The average molecular weight is 390 g/mol. The van der Waals surface area contributed by atoms with Gasteiger partial charge in [0.15, 0.2) is 0 Å². The number of anilines is 1. The number of aryl methyl sites for hydroxylation is 1. The monoisotopic (exact) mass is 390 g/mol. The van der Waals surface area contributed by atoms with Gasteiger partial charge in [0.2, 0.25) is 10.0 Å². The van der Waals surface area contributed by atoms with Crippen molar-refractivity contribution in [3.63, 3.8) is 0 Å². The highest BCUT2D eigenvalue weighted by molar-refractivity contribution is 7.92. The third-order valence-electron chi connectivity index (χ3n) is 3.48. The Labute approximate surface area is 156 Å². The normalized spacial score (nSPS) is 11.3. The van der Waals surface area contributed by atoms with Gasteiger partial charge in [-0.05, 0) is 42.3 Å². The number of nitro groups is 1. The number of hydrazone groups is 1. The number of carbonyl (C=O) groups is 1. The molecule has 0 aromatic heterocycles. The number of nitrogens with zero attached hydrogens (tertiary/aromatic N) is 3. The fraction of sp³-hybridized carbons (Fsp3) is 0.176. The molecule has 10 heteroatoms. The SMILES string of the molecule is Cc1cccc(N(CC(=O)N/N=C/c2ccc([N+](=O)[O-])cc2)S(C)(=O)=O)c1. The lowest BCUT2D eigenvalue weighted by Crippen LogP contribution is -2.39. The topological polar surface area (TPSA) is 122 Å². The van der Waals surface area contributed by atoms with Gasteiger partial charge < -0.3 is 0 Å². The molecule has 2 aromatic carbocycles. The molecule has 1 N–H and O–H groups in total. The Morgan fingerprint density at radius 2 is 1.93 bits per heavy atom. The van der Waals surface area contributed by atoms with Crippen molar-refractivity contribution in [3.8, 4) is 0 Å². The minimum atomic E-state index is -3.66. The van der Waals surface area contributed by atoms with E-state index in [2.05, 4.69) is 10.5 Å². The molecule has 0 atom stereocenters. The summed E-state index contributed by atoms with van der Waals surface area (Å²) in [7, 11) is -3.66. The summed E-state index contributed by atoms with van der Waals surface area (Å²) in [4.78, 5) is 22.2. The zero-order chi connectivity index (χ0) is 20.0. The molecule has 0 radical (unpaired) electrons. The molecule has 1 amide bonds. The number of nitro benzene ring substituents is 1. The highest BCUT2D eigenvalue weighted by atomic mass is 32.2. The first kappa shape index (κ1) is 20.0. The number of hydrogen-bond donors (Lipinski definition) is 1. The van der Waals surface area contributed by atoms with Gasteiger partial charge in [-0.15, -0.1) is 0 Å². The molecule has 2 aromatic rings. The van der Waals surface area contributed by atoms with Crippen LogP contribution < -0.4 is 9.73 Å². The van der Waals surface area contributed by atoms with Gasteiger partial charge in [-0.2, -0.15) is 5.10 Å². The number of sulfonamides is 1. The maximum absolute atomic E-state index is 12.1. The first-order valence-electron chi connectivity index (χ1n) is 7.77. The molecule has 0 aliphatic heterocycles. The first-order valence-corrected chi connectivity index (χ1v) is 9.62. The Bertz CT molecular complexity index is 971. The molecule has 0 bridgehead atoms. The van der Waals surface area contributed by atoms with E-state index in [0.717, 1.165) is 16.1 Å². The van der Waals surface area contributed by atoms with E-state index in [9.17, 15) is 23.3 Å². The highest BCUT2D eigenvalue weighted by Crippen LogP contribution is 2.18. The standard InChI is InChI=1S/C17H18N4O5S/c1-13-4-3-5-16(10-13)20(27(2,25)26)12-17(22)19-18-11-14-6-8-15(9-7-14)21(23)24/h3-11H,12H2,1-2H3,(H,19,22)/b18-11+. The van der Waals surface area contributed by atoms with Gasteiger partial charge in [0.05, 0.1) is 23.1 Å². The van der Waals surface area contributed by atoms with Gasteiger partial charge in [0.1, 0.15) is 6.54 Å². The zero-order valence-corrected chi connectivity index (χ0v) is 15.5. The lowest BCUT2D eigenvalue weighted by molar-refractivity contribution is -0.384. The van der Waals surface area contributed by atoms with Crippen LogP contribution in [0.4, 0.5) is 11.4 Å². The van der Waals surface area contributed by atoms with Crippen LogP contribution in [-0.2, 0) is 14.8 Å². The van der Waals surface area contributed by atoms with Crippen LogP contribution in [0.15, 0.2) is 53.6 Å². The van der Waals surface area contributed by atoms with Crippen molar-refractivity contribution in [1.82, 2.24) is 5.43 Å². The number of hydrogen-bond acceptors (Lipinski definition) is 6. The summed E-state index contributed by atoms with van der Waals surface area (Å²) in [6.45, 7) is 1.39. The van der Waals surface area contributed by atoms with Gasteiger partial charge in [0.25, 0.3) is 11.6 Å². The first-order chi connectivity index (χ1) is 12.7. The van der Waals surface area contributed by atoms with Crippen molar-refractivity contribution in [2.24, 2.45) is 5.10 Å². The predicted octanol–water partition coefficient (Wildman–Crippen LogP) is 1.82. The van der Waals surface area contributed by atoms with E-state index < -0.39 is 27.4 Å². The molecule has 0 unspecified atom stereocenters. The number of non-ortho nitro benzene ring substituents is 1. The predicted molar refractivity (Wildman–Crippen MR) is 102 cm³/mol. The van der Waals surface area contributed by atoms with Crippen molar-refractivity contribution in [2.45, 2.75) is 6.92 Å². The van der Waals surface area contributed by atoms with E-state index >= 15 is 0 Å². The summed E-state index contributed by atoms with van der Waals surface area (Å²) in [5.74, 6) is -0.625. The third-order valence-corrected chi connectivity index (χ3v) is 4.62. The van der Waals surface area contributed by atoms with Gasteiger partial charge in [-0.1, -0.05) is 12.1 Å². The summed E-state index contributed by atoms with van der Waals surface area (Å²) in [5.41, 5.74) is 3.97. The number of nitrogens with one attached hydrogen (secondary N) is 1. The summed E-state index contributed by atoms with van der Waals surface area (Å²) >= 11 is 0. The van der Waals surface area contributed by atoms with Crippen LogP contribution >= 0.6 is 0 Å². The maximum atomic E-state index is 12.1. The fourth-order valence-corrected chi connectivity index (χ4v) is 3.06. The van der Waals surface area contributed by atoms with Gasteiger partial charge in [-0.25, -0.2) is 13.8 Å². The Morgan fingerprint density at radius 3 is 2.48 bits per heavy atom. The Kier molecular flexibility index (Phi) is 6.24. The second-order valence-corrected chi connectivity index (χ2v) is 7.66. The largest absolute Gasteiger partial charge is 0.271 e. The molecule has 0 heterocycles. The number of amides is 1. The van der Waals surface area contributed by atoms with Crippen LogP contribution in [0, 0.1) is 17.0 Å². The molecule has 0 saturated heterocycles. The molecule has 0 aliphatic carbocycles. The van der Waals surface area contributed by atoms with E-state index in [1.165, 1.54) is 30.5 Å². The minimum Gasteiger partial charge on any atom is -0.271 e. The van der Waals surface area contributed by atoms with E-state index in [1.807, 2.05) is 13.0 Å². The molecule has 0 saturated carbocycles. The van der Waals surface area contributed by atoms with E-state index in [1.54, 1.807) is 18.2 Å². The van der Waals surface area contributed by atoms with Crippen LogP contribution in [0.5, 0.6) is 0 Å². The van der Waals surface area contributed by atoms with Gasteiger partial charge in [-0.3, -0.25) is 19.2 Å². The molecular weight excluding hydrogens is 372 g/mol. The molecule has 2 rings (SSSR count). The van der Waals surface area contributed by atoms with E-state index in [0.29, 0.717) is 11.3 Å². The molecular formula is C17H18N4O5S. The summed E-state index contributed by atoms with van der Waals surface area (Å²) < 4.78 is 25.0. The Hall–Kier alpha value is -3.27. The third kappa shape index (κ3) is 5.89. The molecule has 27 heavy (non-hydrogen) atoms. The maximum Gasteiger partial charge on any atom is 0.269 e. The van der Waals surface area contributed by atoms with E-state index in [-0.39, 0.29) is 5.69 Å². The Morgan fingerprint density at radius 1 is 1.26 bits per heavy atom. The Balaban J connectivity index is 2.04. The fourth-order valence-electron chi connectivity index (χ4n) is 2.21. The second-order valence-electron chi connectivity index (χ2n) is 5.75.